The molecule has 4 nitrogen and oxygen atoms in total. The minimum absolute atomic E-state index is 0.317. The number of aryl methyl sites for hydroxylation is 2. The Balaban J connectivity index is 2.49. The molecule has 0 aliphatic heterocycles. The molecule has 0 aliphatic rings. The lowest BCUT2D eigenvalue weighted by Crippen LogP contribution is -2.29. The second kappa shape index (κ2) is 5.06. The van der Waals surface area contributed by atoms with Gasteiger partial charge in [0.2, 0.25) is 0 Å². The maximum absolute atomic E-state index is 11.5. The van der Waals surface area contributed by atoms with Crippen LogP contribution in [0.4, 0.5) is 0 Å². The summed E-state index contributed by atoms with van der Waals surface area (Å²) in [6.07, 6.45) is 0. The number of benzene rings is 1. The zero-order chi connectivity index (χ0) is 13.3. The fourth-order valence-corrected chi connectivity index (χ4v) is 2.94. The molecule has 2 aromatic rings. The fraction of sp³-hybridized carbons (Fsp3) is 0.167. The maximum atomic E-state index is 11.5. The van der Waals surface area contributed by atoms with Gasteiger partial charge in [0.25, 0.3) is 5.91 Å². The van der Waals surface area contributed by atoms with E-state index in [4.69, 9.17) is 17.4 Å². The highest BCUT2D eigenvalue weighted by Gasteiger charge is 2.16. The highest BCUT2D eigenvalue weighted by atomic mass is 35.5. The van der Waals surface area contributed by atoms with Crippen LogP contribution >= 0.6 is 22.9 Å². The quantitative estimate of drug-likeness (QED) is 0.505. The number of rotatable bonds is 2. The molecule has 2 rings (SSSR count). The first-order valence-electron chi connectivity index (χ1n) is 5.28. The Kier molecular flexibility index (Phi) is 3.65. The molecule has 1 aromatic carbocycles. The molecule has 0 radical (unpaired) electrons. The zero-order valence-corrected chi connectivity index (χ0v) is 11.5. The third-order valence-corrected chi connectivity index (χ3v) is 3.98. The molecule has 0 saturated heterocycles. The average Bonchev–Trinajstić information content (AvgIpc) is 2.70. The number of carbonyl (C=O) groups excluding carboxylic acids is 1. The van der Waals surface area contributed by atoms with Crippen LogP contribution in [0.2, 0.25) is 5.02 Å². The van der Waals surface area contributed by atoms with Crippen molar-refractivity contribution >= 4 is 28.8 Å². The van der Waals surface area contributed by atoms with E-state index in [1.165, 1.54) is 11.3 Å². The molecule has 0 fully saturated rings. The molecule has 3 N–H and O–H groups in total. The van der Waals surface area contributed by atoms with Crippen LogP contribution < -0.4 is 11.3 Å². The van der Waals surface area contributed by atoms with Gasteiger partial charge >= 0.3 is 0 Å². The van der Waals surface area contributed by atoms with Gasteiger partial charge in [-0.1, -0.05) is 17.7 Å². The van der Waals surface area contributed by atoms with Crippen molar-refractivity contribution in [1.29, 1.82) is 0 Å². The number of nitrogens with zero attached hydrogens (tertiary/aromatic N) is 1. The molecule has 1 amide bonds. The Morgan fingerprint density at radius 3 is 2.78 bits per heavy atom. The number of nitrogens with one attached hydrogen (secondary N) is 1. The Morgan fingerprint density at radius 1 is 1.44 bits per heavy atom. The molecule has 0 atom stereocenters. The number of hydrogen-bond donors (Lipinski definition) is 2. The van der Waals surface area contributed by atoms with E-state index in [0.29, 0.717) is 15.6 Å². The zero-order valence-electron chi connectivity index (χ0n) is 9.95. The van der Waals surface area contributed by atoms with Crippen LogP contribution in [0.25, 0.3) is 10.6 Å². The molecule has 0 bridgehead atoms. The third-order valence-electron chi connectivity index (χ3n) is 2.55. The summed E-state index contributed by atoms with van der Waals surface area (Å²) in [5.74, 6) is 4.82. The van der Waals surface area contributed by atoms with E-state index in [9.17, 15) is 4.79 Å². The van der Waals surface area contributed by atoms with E-state index in [1.807, 2.05) is 25.1 Å². The lowest BCUT2D eigenvalue weighted by molar-refractivity contribution is 0.0957. The van der Waals surface area contributed by atoms with Crippen molar-refractivity contribution in [2.75, 3.05) is 0 Å². The summed E-state index contributed by atoms with van der Waals surface area (Å²) in [5, 5.41) is 1.48. The van der Waals surface area contributed by atoms with Gasteiger partial charge in [0.1, 0.15) is 9.88 Å². The summed E-state index contributed by atoms with van der Waals surface area (Å²) in [7, 11) is 0. The van der Waals surface area contributed by atoms with Crippen molar-refractivity contribution in [3.05, 3.63) is 39.4 Å². The lowest BCUT2D eigenvalue weighted by atomic mass is 10.1. The first kappa shape index (κ1) is 13.0. The first-order chi connectivity index (χ1) is 8.52. The Bertz CT molecular complexity index is 609. The maximum Gasteiger partial charge on any atom is 0.277 e. The van der Waals surface area contributed by atoms with Gasteiger partial charge in [-0.25, -0.2) is 10.8 Å². The number of halogens is 1. The van der Waals surface area contributed by atoms with Crippen LogP contribution in [0.15, 0.2) is 18.2 Å². The number of hydrogen-bond acceptors (Lipinski definition) is 4. The van der Waals surface area contributed by atoms with Gasteiger partial charge in [-0.15, -0.1) is 11.3 Å². The highest BCUT2D eigenvalue weighted by molar-refractivity contribution is 7.17. The predicted octanol–water partition coefficient (Wildman–Crippen LogP) is 2.68. The van der Waals surface area contributed by atoms with Crippen LogP contribution in [-0.4, -0.2) is 10.9 Å². The van der Waals surface area contributed by atoms with Gasteiger partial charge in [-0.2, -0.15) is 0 Å². The number of nitrogens with two attached hydrogens (primary N) is 1. The van der Waals surface area contributed by atoms with Crippen molar-refractivity contribution in [3.63, 3.8) is 0 Å². The molecule has 1 aromatic heterocycles. The minimum atomic E-state index is -0.317. The minimum Gasteiger partial charge on any atom is -0.289 e. The molecule has 1 heterocycles. The normalized spacial score (nSPS) is 10.4. The Labute approximate surface area is 114 Å². The Morgan fingerprint density at radius 2 is 2.17 bits per heavy atom. The number of amides is 1. The van der Waals surface area contributed by atoms with Gasteiger partial charge < -0.3 is 0 Å². The van der Waals surface area contributed by atoms with E-state index >= 15 is 0 Å². The standard InChI is InChI=1S/C12H12ClN3OS/c1-6-5-8(13)3-4-9(6)12-15-7(2)10(18-12)11(17)16-14/h3-5H,14H2,1-2H3,(H,16,17). The number of carbonyl (C=O) groups is 1. The molecule has 0 saturated carbocycles. The largest absolute Gasteiger partial charge is 0.289 e. The number of nitrogen functional groups attached to an aromatic ring is 1. The molecule has 94 valence electrons. The van der Waals surface area contributed by atoms with Gasteiger partial charge in [0, 0.05) is 10.6 Å². The van der Waals surface area contributed by atoms with Gasteiger partial charge in [-0.3, -0.25) is 10.2 Å². The van der Waals surface area contributed by atoms with E-state index in [2.05, 4.69) is 10.4 Å². The van der Waals surface area contributed by atoms with Gasteiger partial charge in [0.05, 0.1) is 5.69 Å². The number of thiazole rings is 1. The average molecular weight is 282 g/mol. The molecule has 0 spiro atoms. The SMILES string of the molecule is Cc1cc(Cl)ccc1-c1nc(C)c(C(=O)NN)s1. The van der Waals surface area contributed by atoms with E-state index < -0.39 is 0 Å². The molecular weight excluding hydrogens is 270 g/mol. The summed E-state index contributed by atoms with van der Waals surface area (Å²) in [6.45, 7) is 3.75. The fourth-order valence-electron chi connectivity index (χ4n) is 1.65. The Hall–Kier alpha value is -1.43. The third kappa shape index (κ3) is 2.38. The summed E-state index contributed by atoms with van der Waals surface area (Å²) >= 11 is 7.24. The van der Waals surface area contributed by atoms with Crippen molar-refractivity contribution in [3.8, 4) is 10.6 Å². The molecule has 0 aliphatic carbocycles. The second-order valence-electron chi connectivity index (χ2n) is 3.87. The smallest absolute Gasteiger partial charge is 0.277 e. The van der Waals surface area contributed by atoms with Crippen molar-refractivity contribution < 1.29 is 4.79 Å². The van der Waals surface area contributed by atoms with Crippen LogP contribution in [-0.2, 0) is 0 Å². The number of aromatic nitrogens is 1. The summed E-state index contributed by atoms with van der Waals surface area (Å²) in [5.41, 5.74) is 4.79. The monoisotopic (exact) mass is 281 g/mol. The lowest BCUT2D eigenvalue weighted by Gasteiger charge is -2.01. The summed E-state index contributed by atoms with van der Waals surface area (Å²) in [6, 6.07) is 5.58. The van der Waals surface area contributed by atoms with E-state index in [0.717, 1.165) is 16.1 Å². The van der Waals surface area contributed by atoms with Crippen LogP contribution in [0.5, 0.6) is 0 Å². The summed E-state index contributed by atoms with van der Waals surface area (Å²) < 4.78 is 0. The van der Waals surface area contributed by atoms with Crippen LogP contribution in [0.3, 0.4) is 0 Å². The van der Waals surface area contributed by atoms with Gasteiger partial charge in [0.15, 0.2) is 0 Å². The topological polar surface area (TPSA) is 68.0 Å². The van der Waals surface area contributed by atoms with Crippen molar-refractivity contribution in [2.24, 2.45) is 5.84 Å². The summed E-state index contributed by atoms with van der Waals surface area (Å²) in [4.78, 5) is 16.5. The first-order valence-corrected chi connectivity index (χ1v) is 6.47. The molecular formula is C12H12ClN3OS. The van der Waals surface area contributed by atoms with Crippen molar-refractivity contribution in [1.82, 2.24) is 10.4 Å². The van der Waals surface area contributed by atoms with Crippen molar-refractivity contribution in [2.45, 2.75) is 13.8 Å². The van der Waals surface area contributed by atoms with E-state index in [1.54, 1.807) is 6.92 Å². The van der Waals surface area contributed by atoms with E-state index in [-0.39, 0.29) is 5.91 Å². The van der Waals surface area contributed by atoms with Gasteiger partial charge in [-0.05, 0) is 31.5 Å². The highest BCUT2D eigenvalue weighted by Crippen LogP contribution is 2.31. The van der Waals surface area contributed by atoms with Crippen LogP contribution in [0.1, 0.15) is 20.9 Å². The molecule has 0 unspecified atom stereocenters. The number of hydrazine groups is 1. The van der Waals surface area contributed by atoms with Crippen LogP contribution in [0, 0.1) is 13.8 Å². The predicted molar refractivity (Wildman–Crippen MR) is 73.7 cm³/mol. The molecule has 18 heavy (non-hydrogen) atoms. The molecule has 6 heteroatoms. The second-order valence-corrected chi connectivity index (χ2v) is 5.30.